The van der Waals surface area contributed by atoms with Gasteiger partial charge in [0.1, 0.15) is 12.1 Å². The van der Waals surface area contributed by atoms with Crippen LogP contribution in [-0.2, 0) is 17.5 Å². The zero-order valence-electron chi connectivity index (χ0n) is 16.5. The third kappa shape index (κ3) is 4.22. The van der Waals surface area contributed by atoms with Gasteiger partial charge < -0.3 is 5.32 Å². The van der Waals surface area contributed by atoms with E-state index in [1.807, 2.05) is 0 Å². The van der Waals surface area contributed by atoms with Gasteiger partial charge in [-0.05, 0) is 43.3 Å². The van der Waals surface area contributed by atoms with Crippen LogP contribution in [0.3, 0.4) is 0 Å². The van der Waals surface area contributed by atoms with Gasteiger partial charge in [0.05, 0.1) is 23.1 Å². The minimum Gasteiger partial charge on any atom is -0.324 e. The van der Waals surface area contributed by atoms with Gasteiger partial charge in [-0.3, -0.25) is 9.59 Å². The molecule has 0 aliphatic carbocycles. The molecule has 1 N–H and O–H groups in total. The van der Waals surface area contributed by atoms with Crippen LogP contribution in [-0.4, -0.2) is 25.5 Å². The first-order valence-corrected chi connectivity index (χ1v) is 9.70. The highest BCUT2D eigenvalue weighted by Gasteiger charge is 2.30. The van der Waals surface area contributed by atoms with Crippen LogP contribution in [0.1, 0.15) is 11.3 Å². The quantitative estimate of drug-likeness (QED) is 0.494. The van der Waals surface area contributed by atoms with Crippen LogP contribution in [0, 0.1) is 6.92 Å². The van der Waals surface area contributed by atoms with Crippen LogP contribution in [0.5, 0.6) is 0 Å². The second kappa shape index (κ2) is 8.12. The lowest BCUT2D eigenvalue weighted by atomic mass is 10.2. The summed E-state index contributed by atoms with van der Waals surface area (Å²) in [7, 11) is 0. The van der Waals surface area contributed by atoms with Crippen molar-refractivity contribution in [2.75, 3.05) is 5.32 Å². The summed E-state index contributed by atoms with van der Waals surface area (Å²) in [5.41, 5.74) is -0.309. The number of hydrogen-bond donors (Lipinski definition) is 1. The number of aryl methyl sites for hydroxylation is 1. The maximum absolute atomic E-state index is 13.1. The molecule has 2 aromatic carbocycles. The molecule has 0 atom stereocenters. The molecule has 1 amide bonds. The smallest absolute Gasteiger partial charge is 0.324 e. The summed E-state index contributed by atoms with van der Waals surface area (Å²) in [6.07, 6.45) is -3.05. The van der Waals surface area contributed by atoms with E-state index in [0.29, 0.717) is 21.8 Å². The molecule has 0 saturated heterocycles. The number of carbonyl (C=O) groups excluding carboxylic acids is 1. The van der Waals surface area contributed by atoms with Crippen molar-refractivity contribution in [1.29, 1.82) is 0 Å². The van der Waals surface area contributed by atoms with Crippen molar-refractivity contribution in [3.8, 4) is 5.69 Å². The molecule has 2 aromatic heterocycles. The van der Waals surface area contributed by atoms with E-state index in [1.54, 1.807) is 31.2 Å². The Labute approximate surface area is 184 Å². The Morgan fingerprint density at radius 3 is 2.62 bits per heavy atom. The molecular formula is C21H15ClF3N5O2. The third-order valence-electron chi connectivity index (χ3n) is 4.69. The molecule has 2 heterocycles. The lowest BCUT2D eigenvalue weighted by Crippen LogP contribution is -2.31. The van der Waals surface area contributed by atoms with E-state index >= 15 is 0 Å². The Morgan fingerprint density at radius 1 is 1.16 bits per heavy atom. The van der Waals surface area contributed by atoms with E-state index in [1.165, 1.54) is 23.0 Å². The fourth-order valence-corrected chi connectivity index (χ4v) is 3.43. The van der Waals surface area contributed by atoms with Gasteiger partial charge in [0, 0.05) is 16.1 Å². The number of carbonyl (C=O) groups is 1. The fraction of sp³-hybridized carbons (Fsp3) is 0.143. The van der Waals surface area contributed by atoms with Crippen LogP contribution in [0.25, 0.3) is 16.6 Å². The highest BCUT2D eigenvalue weighted by molar-refractivity contribution is 6.30. The molecule has 0 aliphatic rings. The Kier molecular flexibility index (Phi) is 5.47. The molecule has 0 saturated carbocycles. The van der Waals surface area contributed by atoms with E-state index in [-0.39, 0.29) is 11.2 Å². The number of hydrogen-bond acceptors (Lipinski definition) is 4. The maximum atomic E-state index is 13.1. The van der Waals surface area contributed by atoms with Crippen LogP contribution in [0.4, 0.5) is 18.9 Å². The zero-order chi connectivity index (χ0) is 23.0. The number of amides is 1. The van der Waals surface area contributed by atoms with Crippen molar-refractivity contribution in [3.05, 3.63) is 81.4 Å². The van der Waals surface area contributed by atoms with E-state index in [9.17, 15) is 22.8 Å². The predicted molar refractivity (Wildman–Crippen MR) is 113 cm³/mol. The van der Waals surface area contributed by atoms with Gasteiger partial charge in [0.2, 0.25) is 5.91 Å². The molecule has 0 fully saturated rings. The number of nitrogens with one attached hydrogen (secondary N) is 1. The lowest BCUT2D eigenvalue weighted by Gasteiger charge is -2.11. The van der Waals surface area contributed by atoms with Crippen molar-refractivity contribution in [3.63, 3.8) is 0 Å². The Hall–Kier alpha value is -3.66. The largest absolute Gasteiger partial charge is 0.416 e. The summed E-state index contributed by atoms with van der Waals surface area (Å²) in [5.74, 6) is -0.702. The van der Waals surface area contributed by atoms with Gasteiger partial charge in [-0.1, -0.05) is 23.7 Å². The van der Waals surface area contributed by atoms with Crippen LogP contribution >= 0.6 is 11.6 Å². The number of rotatable bonds is 4. The third-order valence-corrected chi connectivity index (χ3v) is 4.92. The van der Waals surface area contributed by atoms with Gasteiger partial charge in [0.25, 0.3) is 5.56 Å². The minimum atomic E-state index is -4.54. The standard InChI is InChI=1S/C21H15ClF3N5O2/c1-12-17-10-26-30(16-7-3-5-14(22)9-16)19(17)20(32)29(28-12)11-18(31)27-15-6-2-4-13(8-15)21(23,24)25/h2-10H,11H2,1H3,(H,27,31). The van der Waals surface area contributed by atoms with E-state index in [0.717, 1.165) is 16.8 Å². The molecule has 32 heavy (non-hydrogen) atoms. The summed E-state index contributed by atoms with van der Waals surface area (Å²) in [6, 6.07) is 11.0. The Balaban J connectivity index is 1.67. The molecule has 0 aliphatic heterocycles. The lowest BCUT2D eigenvalue weighted by molar-refractivity contribution is -0.137. The van der Waals surface area contributed by atoms with E-state index in [2.05, 4.69) is 15.5 Å². The number of aromatic nitrogens is 4. The second-order valence-corrected chi connectivity index (χ2v) is 7.41. The number of anilines is 1. The van der Waals surface area contributed by atoms with Gasteiger partial charge >= 0.3 is 6.18 Å². The van der Waals surface area contributed by atoms with Crippen molar-refractivity contribution in [2.45, 2.75) is 19.6 Å². The minimum absolute atomic E-state index is 0.0420. The van der Waals surface area contributed by atoms with Crippen molar-refractivity contribution in [2.24, 2.45) is 0 Å². The highest BCUT2D eigenvalue weighted by Crippen LogP contribution is 2.30. The summed E-state index contributed by atoms with van der Waals surface area (Å²) in [4.78, 5) is 25.5. The first kappa shape index (κ1) is 21.6. The average molecular weight is 462 g/mol. The molecule has 0 unspecified atom stereocenters. The maximum Gasteiger partial charge on any atom is 0.416 e. The van der Waals surface area contributed by atoms with Gasteiger partial charge in [-0.15, -0.1) is 0 Å². The molecule has 164 valence electrons. The molecule has 0 bridgehead atoms. The number of benzene rings is 2. The number of nitrogens with zero attached hydrogens (tertiary/aromatic N) is 4. The summed E-state index contributed by atoms with van der Waals surface area (Å²) in [6.45, 7) is 1.17. The predicted octanol–water partition coefficient (Wildman–Crippen LogP) is 4.20. The van der Waals surface area contributed by atoms with Crippen molar-refractivity contribution in [1.82, 2.24) is 19.6 Å². The first-order valence-electron chi connectivity index (χ1n) is 9.32. The van der Waals surface area contributed by atoms with E-state index in [4.69, 9.17) is 11.6 Å². The summed E-state index contributed by atoms with van der Waals surface area (Å²) < 4.78 is 41.0. The average Bonchev–Trinajstić information content (AvgIpc) is 3.17. The van der Waals surface area contributed by atoms with Crippen LogP contribution in [0.2, 0.25) is 5.02 Å². The van der Waals surface area contributed by atoms with Crippen LogP contribution in [0.15, 0.2) is 59.5 Å². The highest BCUT2D eigenvalue weighted by atomic mass is 35.5. The zero-order valence-corrected chi connectivity index (χ0v) is 17.3. The van der Waals surface area contributed by atoms with Gasteiger partial charge in [-0.25, -0.2) is 9.36 Å². The molecule has 11 heteroatoms. The number of halogens is 4. The molecular weight excluding hydrogens is 447 g/mol. The van der Waals surface area contributed by atoms with E-state index < -0.39 is 29.8 Å². The molecule has 4 aromatic rings. The number of fused-ring (bicyclic) bond motifs is 1. The summed E-state index contributed by atoms with van der Waals surface area (Å²) in [5, 5.41) is 11.7. The Bertz CT molecular complexity index is 1390. The van der Waals surface area contributed by atoms with Crippen molar-refractivity contribution < 1.29 is 18.0 Å². The van der Waals surface area contributed by atoms with Crippen molar-refractivity contribution >= 4 is 34.1 Å². The molecule has 7 nitrogen and oxygen atoms in total. The second-order valence-electron chi connectivity index (χ2n) is 6.97. The SMILES string of the molecule is Cc1nn(CC(=O)Nc2cccc(C(F)(F)F)c2)c(=O)c2c1cnn2-c1cccc(Cl)c1. The molecule has 4 rings (SSSR count). The van der Waals surface area contributed by atoms with Gasteiger partial charge in [-0.2, -0.15) is 23.4 Å². The molecule has 0 spiro atoms. The fourth-order valence-electron chi connectivity index (χ4n) is 3.24. The molecule has 0 radical (unpaired) electrons. The normalized spacial score (nSPS) is 11.7. The number of alkyl halides is 3. The monoisotopic (exact) mass is 461 g/mol. The Morgan fingerprint density at radius 2 is 1.91 bits per heavy atom. The first-order chi connectivity index (χ1) is 15.1. The van der Waals surface area contributed by atoms with Gasteiger partial charge in [0.15, 0.2) is 0 Å². The topological polar surface area (TPSA) is 81.8 Å². The summed E-state index contributed by atoms with van der Waals surface area (Å²) >= 11 is 6.04. The van der Waals surface area contributed by atoms with Crippen LogP contribution < -0.4 is 10.9 Å².